The molecule has 22 heavy (non-hydrogen) atoms. The number of aromatic nitrogens is 1. The average Bonchev–Trinajstić information content (AvgIpc) is 2.49. The van der Waals surface area contributed by atoms with Crippen molar-refractivity contribution in [3.63, 3.8) is 0 Å². The Bertz CT molecular complexity index is 664. The number of carbonyl (C=O) groups excluding carboxylic acids is 1. The average molecular weight is 317 g/mol. The molecule has 1 aliphatic carbocycles. The van der Waals surface area contributed by atoms with Gasteiger partial charge in [0.05, 0.1) is 24.4 Å². The Hall–Kier alpha value is -2.07. The van der Waals surface area contributed by atoms with Crippen LogP contribution in [0.1, 0.15) is 24.8 Å². The Labute approximate surface area is 134 Å². The lowest BCUT2D eigenvalue weighted by Crippen LogP contribution is -2.46. The fourth-order valence-corrected chi connectivity index (χ4v) is 2.90. The van der Waals surface area contributed by atoms with Gasteiger partial charge < -0.3 is 10.1 Å². The van der Waals surface area contributed by atoms with E-state index in [1.54, 1.807) is 25.4 Å². The number of amides is 1. The topological polar surface area (TPSA) is 51.2 Å². The lowest BCUT2D eigenvalue weighted by Gasteiger charge is -2.40. The standard InChI is InChI=1S/C17H17ClN2O2/c1-22-15-8-7-14(11-19-15)20-16(21)17(9-2-10-17)12-3-5-13(18)6-4-12/h3-8,11H,2,9-10H2,1H3,(H,20,21). The van der Waals surface area contributed by atoms with Gasteiger partial charge in [-0.25, -0.2) is 4.98 Å². The van der Waals surface area contributed by atoms with Crippen LogP contribution >= 0.6 is 11.6 Å². The van der Waals surface area contributed by atoms with Crippen molar-refractivity contribution in [1.29, 1.82) is 0 Å². The number of carbonyl (C=O) groups is 1. The molecule has 1 saturated carbocycles. The predicted octanol–water partition coefficient (Wildman–Crippen LogP) is 3.80. The molecule has 0 atom stereocenters. The van der Waals surface area contributed by atoms with Crippen LogP contribution in [0.15, 0.2) is 42.6 Å². The zero-order valence-corrected chi connectivity index (χ0v) is 13.1. The van der Waals surface area contributed by atoms with Crippen molar-refractivity contribution in [2.75, 3.05) is 12.4 Å². The summed E-state index contributed by atoms with van der Waals surface area (Å²) in [4.78, 5) is 16.9. The number of halogens is 1. The molecule has 0 spiro atoms. The van der Waals surface area contributed by atoms with E-state index in [1.165, 1.54) is 0 Å². The normalized spacial score (nSPS) is 15.7. The molecule has 0 bridgehead atoms. The van der Waals surface area contributed by atoms with Gasteiger partial charge >= 0.3 is 0 Å². The molecule has 114 valence electrons. The fraction of sp³-hybridized carbons (Fsp3) is 0.294. The molecule has 0 aliphatic heterocycles. The Morgan fingerprint density at radius 1 is 1.23 bits per heavy atom. The van der Waals surface area contributed by atoms with E-state index in [0.29, 0.717) is 16.6 Å². The molecule has 1 aromatic heterocycles. The van der Waals surface area contributed by atoms with Crippen LogP contribution in [0, 0.1) is 0 Å². The van der Waals surface area contributed by atoms with Gasteiger partial charge in [0.15, 0.2) is 0 Å². The zero-order valence-electron chi connectivity index (χ0n) is 12.3. The molecule has 3 rings (SSSR count). The summed E-state index contributed by atoms with van der Waals surface area (Å²) in [5.41, 5.74) is 1.23. The first-order valence-corrected chi connectivity index (χ1v) is 7.59. The van der Waals surface area contributed by atoms with Gasteiger partial charge in [0.25, 0.3) is 0 Å². The summed E-state index contributed by atoms with van der Waals surface area (Å²) < 4.78 is 5.02. The summed E-state index contributed by atoms with van der Waals surface area (Å²) >= 11 is 5.94. The van der Waals surface area contributed by atoms with Crippen molar-refractivity contribution in [2.45, 2.75) is 24.7 Å². The van der Waals surface area contributed by atoms with E-state index in [1.807, 2.05) is 24.3 Å². The van der Waals surface area contributed by atoms with Crippen molar-refractivity contribution >= 4 is 23.2 Å². The number of nitrogens with zero attached hydrogens (tertiary/aromatic N) is 1. The third kappa shape index (κ3) is 2.66. The minimum absolute atomic E-state index is 0.00744. The summed E-state index contributed by atoms with van der Waals surface area (Å²) in [5, 5.41) is 3.64. The summed E-state index contributed by atoms with van der Waals surface area (Å²) in [6.07, 6.45) is 4.36. The Morgan fingerprint density at radius 2 is 1.95 bits per heavy atom. The third-order valence-corrected chi connectivity index (χ3v) is 4.49. The van der Waals surface area contributed by atoms with E-state index >= 15 is 0 Å². The molecule has 2 aromatic rings. The van der Waals surface area contributed by atoms with Crippen LogP contribution < -0.4 is 10.1 Å². The maximum atomic E-state index is 12.8. The summed E-state index contributed by atoms with van der Waals surface area (Å²) in [7, 11) is 1.56. The number of nitrogens with one attached hydrogen (secondary N) is 1. The van der Waals surface area contributed by atoms with Gasteiger partial charge in [0.1, 0.15) is 0 Å². The first-order valence-electron chi connectivity index (χ1n) is 7.22. The second-order valence-corrected chi connectivity index (χ2v) is 5.92. The number of hydrogen-bond donors (Lipinski definition) is 1. The SMILES string of the molecule is COc1ccc(NC(=O)C2(c3ccc(Cl)cc3)CCC2)cn1. The number of methoxy groups -OCH3 is 1. The Morgan fingerprint density at radius 3 is 2.45 bits per heavy atom. The van der Waals surface area contributed by atoms with Crippen molar-refractivity contribution in [1.82, 2.24) is 4.98 Å². The number of benzene rings is 1. The van der Waals surface area contributed by atoms with Gasteiger partial charge in [-0.15, -0.1) is 0 Å². The minimum Gasteiger partial charge on any atom is -0.481 e. The van der Waals surface area contributed by atoms with E-state index in [9.17, 15) is 4.79 Å². The van der Waals surface area contributed by atoms with Crippen LogP contribution in [0.5, 0.6) is 5.88 Å². The molecule has 0 saturated heterocycles. The quantitative estimate of drug-likeness (QED) is 0.933. The van der Waals surface area contributed by atoms with Crippen LogP contribution in [0.2, 0.25) is 5.02 Å². The third-order valence-electron chi connectivity index (χ3n) is 4.24. The van der Waals surface area contributed by atoms with Crippen LogP contribution in [0.25, 0.3) is 0 Å². The maximum absolute atomic E-state index is 12.8. The molecule has 1 amide bonds. The van der Waals surface area contributed by atoms with Gasteiger partial charge in [-0.1, -0.05) is 30.2 Å². The van der Waals surface area contributed by atoms with Crippen molar-refractivity contribution in [2.24, 2.45) is 0 Å². The molecule has 1 fully saturated rings. The van der Waals surface area contributed by atoms with Crippen LogP contribution in [-0.2, 0) is 10.2 Å². The van der Waals surface area contributed by atoms with Crippen LogP contribution in [0.4, 0.5) is 5.69 Å². The molecule has 5 heteroatoms. The van der Waals surface area contributed by atoms with Gasteiger partial charge in [-0.05, 0) is 36.6 Å². The van der Waals surface area contributed by atoms with Crippen molar-refractivity contribution in [3.05, 3.63) is 53.2 Å². The lowest BCUT2D eigenvalue weighted by atomic mass is 9.64. The molecule has 1 heterocycles. The molecular formula is C17H17ClN2O2. The monoisotopic (exact) mass is 316 g/mol. The molecular weight excluding hydrogens is 300 g/mol. The van der Waals surface area contributed by atoms with Gasteiger partial charge in [-0.3, -0.25) is 4.79 Å². The smallest absolute Gasteiger partial charge is 0.235 e. The maximum Gasteiger partial charge on any atom is 0.235 e. The highest BCUT2D eigenvalue weighted by Gasteiger charge is 2.45. The number of anilines is 1. The molecule has 1 aliphatic rings. The summed E-state index contributed by atoms with van der Waals surface area (Å²) in [6.45, 7) is 0. The van der Waals surface area contributed by atoms with Gasteiger partial charge in [0.2, 0.25) is 11.8 Å². The van der Waals surface area contributed by atoms with Crippen LogP contribution in [-0.4, -0.2) is 18.0 Å². The fourth-order valence-electron chi connectivity index (χ4n) is 2.77. The Kier molecular flexibility index (Phi) is 4.03. The number of ether oxygens (including phenoxy) is 1. The minimum atomic E-state index is -0.454. The molecule has 1 aromatic carbocycles. The van der Waals surface area contributed by atoms with Crippen molar-refractivity contribution in [3.8, 4) is 5.88 Å². The predicted molar refractivity (Wildman–Crippen MR) is 86.4 cm³/mol. The number of rotatable bonds is 4. The van der Waals surface area contributed by atoms with E-state index < -0.39 is 5.41 Å². The highest BCUT2D eigenvalue weighted by molar-refractivity contribution is 6.30. The molecule has 4 nitrogen and oxygen atoms in total. The second-order valence-electron chi connectivity index (χ2n) is 5.49. The molecule has 1 N–H and O–H groups in total. The first-order chi connectivity index (χ1) is 10.6. The van der Waals surface area contributed by atoms with Crippen LogP contribution in [0.3, 0.4) is 0 Å². The largest absolute Gasteiger partial charge is 0.481 e. The highest BCUT2D eigenvalue weighted by Crippen LogP contribution is 2.44. The molecule has 0 unspecified atom stereocenters. The first kappa shape index (κ1) is 14.9. The summed E-state index contributed by atoms with van der Waals surface area (Å²) in [6, 6.07) is 11.1. The summed E-state index contributed by atoms with van der Waals surface area (Å²) in [5.74, 6) is 0.530. The highest BCUT2D eigenvalue weighted by atomic mass is 35.5. The van der Waals surface area contributed by atoms with Gasteiger partial charge in [-0.2, -0.15) is 0 Å². The zero-order chi connectivity index (χ0) is 15.6. The molecule has 0 radical (unpaired) electrons. The van der Waals surface area contributed by atoms with Crippen molar-refractivity contribution < 1.29 is 9.53 Å². The van der Waals surface area contributed by atoms with E-state index in [2.05, 4.69) is 10.3 Å². The lowest BCUT2D eigenvalue weighted by molar-refractivity contribution is -0.124. The van der Waals surface area contributed by atoms with Gasteiger partial charge in [0, 0.05) is 11.1 Å². The van der Waals surface area contributed by atoms with E-state index in [0.717, 1.165) is 24.8 Å². The Balaban J connectivity index is 1.80. The van der Waals surface area contributed by atoms with E-state index in [4.69, 9.17) is 16.3 Å². The van der Waals surface area contributed by atoms with E-state index in [-0.39, 0.29) is 5.91 Å². The second kappa shape index (κ2) is 5.97. The number of hydrogen-bond acceptors (Lipinski definition) is 3. The number of pyridine rings is 1.